The molecule has 0 saturated carbocycles. The molecule has 5 heteroatoms. The molecule has 0 bridgehead atoms. The number of hydrogen-bond acceptors (Lipinski definition) is 5. The van der Waals surface area contributed by atoms with Gasteiger partial charge in [0.1, 0.15) is 5.82 Å². The third kappa shape index (κ3) is 5.84. The Bertz CT molecular complexity index is 314. The van der Waals surface area contributed by atoms with Crippen LogP contribution in [-0.4, -0.2) is 27.2 Å². The highest BCUT2D eigenvalue weighted by molar-refractivity contribution is 8.01. The Morgan fingerprint density at radius 3 is 2.71 bits per heavy atom. The second kappa shape index (κ2) is 8.06. The highest BCUT2D eigenvalue weighted by atomic mass is 32.2. The van der Waals surface area contributed by atoms with Crippen LogP contribution in [0.5, 0.6) is 0 Å². The first-order chi connectivity index (χ1) is 8.15. The third-order valence-corrected chi connectivity index (χ3v) is 4.47. The van der Waals surface area contributed by atoms with E-state index in [1.54, 1.807) is 0 Å². The first kappa shape index (κ1) is 14.9. The van der Waals surface area contributed by atoms with Crippen LogP contribution in [-0.2, 0) is 6.42 Å². The molecule has 0 aromatic carbocycles. The molecule has 3 nitrogen and oxygen atoms in total. The molecule has 1 rings (SSSR count). The minimum Gasteiger partial charge on any atom is -0.313 e. The van der Waals surface area contributed by atoms with Crippen molar-refractivity contribution in [3.8, 4) is 0 Å². The van der Waals surface area contributed by atoms with Crippen molar-refractivity contribution < 1.29 is 0 Å². The van der Waals surface area contributed by atoms with E-state index in [4.69, 9.17) is 0 Å². The molecule has 0 aliphatic rings. The van der Waals surface area contributed by atoms with E-state index in [0.717, 1.165) is 23.1 Å². The van der Waals surface area contributed by atoms with Gasteiger partial charge in [-0.1, -0.05) is 39.0 Å². The molecule has 1 aromatic rings. The Hall–Kier alpha value is -0.130. The molecule has 1 N–H and O–H groups in total. The number of aromatic nitrogens is 2. The first-order valence-electron chi connectivity index (χ1n) is 6.38. The van der Waals surface area contributed by atoms with Crippen molar-refractivity contribution in [1.29, 1.82) is 0 Å². The molecular formula is C12H23N3S2. The zero-order valence-corrected chi connectivity index (χ0v) is 12.8. The summed E-state index contributed by atoms with van der Waals surface area (Å²) in [6.45, 7) is 9.84. The average molecular weight is 273 g/mol. The molecule has 2 unspecified atom stereocenters. The Kier molecular flexibility index (Phi) is 7.08. The van der Waals surface area contributed by atoms with Gasteiger partial charge in [-0.15, -0.1) is 0 Å². The average Bonchev–Trinajstić information content (AvgIpc) is 2.74. The van der Waals surface area contributed by atoms with E-state index < -0.39 is 0 Å². The minimum absolute atomic E-state index is 0.548. The molecule has 0 saturated heterocycles. The van der Waals surface area contributed by atoms with E-state index in [9.17, 15) is 0 Å². The largest absolute Gasteiger partial charge is 0.313 e. The van der Waals surface area contributed by atoms with Gasteiger partial charge in [0.2, 0.25) is 0 Å². The third-order valence-electron chi connectivity index (χ3n) is 2.54. The normalized spacial score (nSPS) is 14.8. The lowest BCUT2D eigenvalue weighted by Gasteiger charge is -2.15. The maximum atomic E-state index is 4.47. The maximum Gasteiger partial charge on any atom is 0.170 e. The summed E-state index contributed by atoms with van der Waals surface area (Å²) in [4.78, 5) is 4.47. The molecule has 17 heavy (non-hydrogen) atoms. The summed E-state index contributed by atoms with van der Waals surface area (Å²) < 4.78 is 5.40. The van der Waals surface area contributed by atoms with Gasteiger partial charge in [0, 0.05) is 24.3 Å². The van der Waals surface area contributed by atoms with Crippen LogP contribution in [0.3, 0.4) is 0 Å². The van der Waals surface area contributed by atoms with Gasteiger partial charge in [-0.2, -0.15) is 4.37 Å². The SMILES string of the molecule is CCCC(C)NCC(C)Sc1nc(CC)ns1. The maximum absolute atomic E-state index is 4.47. The Morgan fingerprint density at radius 1 is 1.35 bits per heavy atom. The van der Waals surface area contributed by atoms with Crippen molar-refractivity contribution in [3.63, 3.8) is 0 Å². The second-order valence-electron chi connectivity index (χ2n) is 4.36. The fourth-order valence-corrected chi connectivity index (χ4v) is 3.50. The van der Waals surface area contributed by atoms with Crippen molar-refractivity contribution in [1.82, 2.24) is 14.7 Å². The monoisotopic (exact) mass is 273 g/mol. The molecule has 0 amide bonds. The summed E-state index contributed by atoms with van der Waals surface area (Å²) in [7, 11) is 0. The zero-order chi connectivity index (χ0) is 12.7. The molecular weight excluding hydrogens is 250 g/mol. The fraction of sp³-hybridized carbons (Fsp3) is 0.833. The molecule has 2 atom stereocenters. The van der Waals surface area contributed by atoms with Gasteiger partial charge in [0.25, 0.3) is 0 Å². The van der Waals surface area contributed by atoms with E-state index in [1.807, 2.05) is 11.8 Å². The summed E-state index contributed by atoms with van der Waals surface area (Å²) in [6, 6.07) is 0.615. The van der Waals surface area contributed by atoms with E-state index in [-0.39, 0.29) is 0 Å². The van der Waals surface area contributed by atoms with Crippen LogP contribution in [0.15, 0.2) is 4.34 Å². The Morgan fingerprint density at radius 2 is 2.12 bits per heavy atom. The number of hydrogen-bond donors (Lipinski definition) is 1. The standard InChI is InChI=1S/C12H23N3S2/c1-5-7-9(3)13-8-10(4)16-12-14-11(6-2)15-17-12/h9-10,13H,5-8H2,1-4H3. The number of nitrogens with one attached hydrogen (secondary N) is 1. The minimum atomic E-state index is 0.548. The lowest BCUT2D eigenvalue weighted by Crippen LogP contribution is -2.31. The number of aryl methyl sites for hydroxylation is 1. The highest BCUT2D eigenvalue weighted by Gasteiger charge is 2.10. The van der Waals surface area contributed by atoms with Crippen LogP contribution in [0.4, 0.5) is 0 Å². The quantitative estimate of drug-likeness (QED) is 0.737. The fourth-order valence-electron chi connectivity index (χ4n) is 1.55. The van der Waals surface area contributed by atoms with E-state index in [1.165, 1.54) is 24.4 Å². The smallest absolute Gasteiger partial charge is 0.170 e. The van der Waals surface area contributed by atoms with Crippen LogP contribution < -0.4 is 5.32 Å². The second-order valence-corrected chi connectivity index (χ2v) is 6.79. The van der Waals surface area contributed by atoms with Gasteiger partial charge in [-0.05, 0) is 24.9 Å². The summed E-state index contributed by atoms with van der Waals surface area (Å²) in [6.07, 6.45) is 3.42. The van der Waals surface area contributed by atoms with Crippen molar-refractivity contribution in [3.05, 3.63) is 5.82 Å². The number of rotatable bonds is 8. The summed E-state index contributed by atoms with van der Waals surface area (Å²) >= 11 is 3.34. The zero-order valence-electron chi connectivity index (χ0n) is 11.2. The van der Waals surface area contributed by atoms with E-state index in [2.05, 4.69) is 42.4 Å². The van der Waals surface area contributed by atoms with Crippen molar-refractivity contribution in [2.75, 3.05) is 6.54 Å². The van der Waals surface area contributed by atoms with Crippen LogP contribution in [0.2, 0.25) is 0 Å². The molecule has 0 fully saturated rings. The van der Waals surface area contributed by atoms with Gasteiger partial charge in [0.05, 0.1) is 0 Å². The van der Waals surface area contributed by atoms with Crippen molar-refractivity contribution in [2.45, 2.75) is 62.6 Å². The Labute approximate surface area is 113 Å². The van der Waals surface area contributed by atoms with Gasteiger partial charge in [0.15, 0.2) is 4.34 Å². The Balaban J connectivity index is 2.26. The van der Waals surface area contributed by atoms with Crippen LogP contribution in [0.1, 0.15) is 46.4 Å². The molecule has 98 valence electrons. The highest BCUT2D eigenvalue weighted by Crippen LogP contribution is 2.24. The molecule has 0 radical (unpaired) electrons. The topological polar surface area (TPSA) is 37.8 Å². The van der Waals surface area contributed by atoms with Crippen molar-refractivity contribution >= 4 is 23.3 Å². The van der Waals surface area contributed by atoms with E-state index >= 15 is 0 Å². The summed E-state index contributed by atoms with van der Waals surface area (Å²) in [5.41, 5.74) is 0. The summed E-state index contributed by atoms with van der Waals surface area (Å²) in [5, 5.41) is 4.11. The van der Waals surface area contributed by atoms with E-state index in [0.29, 0.717) is 11.3 Å². The predicted molar refractivity (Wildman–Crippen MR) is 77.0 cm³/mol. The van der Waals surface area contributed by atoms with Crippen LogP contribution in [0.25, 0.3) is 0 Å². The van der Waals surface area contributed by atoms with Gasteiger partial charge < -0.3 is 5.32 Å². The van der Waals surface area contributed by atoms with Crippen molar-refractivity contribution in [2.24, 2.45) is 0 Å². The molecule has 0 spiro atoms. The molecule has 0 aliphatic carbocycles. The lowest BCUT2D eigenvalue weighted by molar-refractivity contribution is 0.511. The van der Waals surface area contributed by atoms with Gasteiger partial charge >= 0.3 is 0 Å². The molecule has 0 aliphatic heterocycles. The van der Waals surface area contributed by atoms with Gasteiger partial charge in [-0.25, -0.2) is 4.98 Å². The lowest BCUT2D eigenvalue weighted by atomic mass is 10.2. The first-order valence-corrected chi connectivity index (χ1v) is 8.03. The van der Waals surface area contributed by atoms with Crippen LogP contribution in [0, 0.1) is 0 Å². The number of nitrogens with zero attached hydrogens (tertiary/aromatic N) is 2. The summed E-state index contributed by atoms with van der Waals surface area (Å²) in [5.74, 6) is 0.969. The van der Waals surface area contributed by atoms with Gasteiger partial charge in [-0.3, -0.25) is 0 Å². The molecule has 1 heterocycles. The van der Waals surface area contributed by atoms with Crippen LogP contribution >= 0.6 is 23.3 Å². The predicted octanol–water partition coefficient (Wildman–Crippen LogP) is 3.36. The molecule has 1 aromatic heterocycles. The number of thioether (sulfide) groups is 1.